The van der Waals surface area contributed by atoms with Crippen LogP contribution in [0.4, 0.5) is 5.69 Å². The molecular formula is C37H40BrN3O5S. The predicted molar refractivity (Wildman–Crippen MR) is 188 cm³/mol. The lowest BCUT2D eigenvalue weighted by atomic mass is 10.0. The molecular weight excluding hydrogens is 678 g/mol. The summed E-state index contributed by atoms with van der Waals surface area (Å²) in [6.45, 7) is 1.53. The van der Waals surface area contributed by atoms with E-state index in [1.54, 1.807) is 30.3 Å². The Balaban J connectivity index is 1.56. The Hall–Kier alpha value is -4.15. The van der Waals surface area contributed by atoms with E-state index in [0.29, 0.717) is 15.9 Å². The number of sulfonamides is 1. The molecule has 0 aromatic heterocycles. The lowest BCUT2D eigenvalue weighted by Gasteiger charge is -2.34. The number of rotatable bonds is 13. The van der Waals surface area contributed by atoms with Gasteiger partial charge in [-0.3, -0.25) is 13.9 Å². The summed E-state index contributed by atoms with van der Waals surface area (Å²) in [5.41, 5.74) is 3.01. The molecule has 0 saturated heterocycles. The van der Waals surface area contributed by atoms with Gasteiger partial charge in [-0.05, 0) is 77.2 Å². The van der Waals surface area contributed by atoms with Gasteiger partial charge < -0.3 is 15.0 Å². The number of anilines is 1. The van der Waals surface area contributed by atoms with Gasteiger partial charge >= 0.3 is 0 Å². The van der Waals surface area contributed by atoms with Gasteiger partial charge in [-0.1, -0.05) is 91.2 Å². The third-order valence-corrected chi connectivity index (χ3v) is 10.9. The van der Waals surface area contributed by atoms with Crippen LogP contribution in [0.1, 0.15) is 42.4 Å². The van der Waals surface area contributed by atoms with Gasteiger partial charge in [-0.25, -0.2) is 8.42 Å². The van der Waals surface area contributed by atoms with Crippen LogP contribution in [0.5, 0.6) is 5.75 Å². The van der Waals surface area contributed by atoms with E-state index >= 15 is 0 Å². The molecule has 0 bridgehead atoms. The van der Waals surface area contributed by atoms with Crippen molar-refractivity contribution in [3.8, 4) is 5.75 Å². The molecule has 2 amide bonds. The lowest BCUT2D eigenvalue weighted by Crippen LogP contribution is -2.54. The van der Waals surface area contributed by atoms with E-state index in [1.807, 2.05) is 67.6 Å². The molecule has 1 saturated carbocycles. The first-order valence-corrected chi connectivity index (χ1v) is 18.0. The topological polar surface area (TPSA) is 96.0 Å². The smallest absolute Gasteiger partial charge is 0.264 e. The molecule has 47 heavy (non-hydrogen) atoms. The fourth-order valence-corrected chi connectivity index (χ4v) is 8.01. The highest BCUT2D eigenvalue weighted by Gasteiger charge is 2.35. The number of hydrogen-bond donors (Lipinski definition) is 1. The summed E-state index contributed by atoms with van der Waals surface area (Å²) in [5, 5.41) is 3.20. The van der Waals surface area contributed by atoms with Crippen molar-refractivity contribution in [3.05, 3.63) is 124 Å². The largest absolute Gasteiger partial charge is 0.496 e. The molecule has 1 aliphatic rings. The number of ether oxygens (including phenoxy) is 1. The summed E-state index contributed by atoms with van der Waals surface area (Å²) in [5.74, 6) is -0.255. The third-order valence-electron chi connectivity index (χ3n) is 8.48. The van der Waals surface area contributed by atoms with Gasteiger partial charge in [0.2, 0.25) is 11.8 Å². The molecule has 0 aliphatic heterocycles. The molecule has 1 fully saturated rings. The van der Waals surface area contributed by atoms with E-state index in [9.17, 15) is 18.0 Å². The Bertz CT molecular complexity index is 1760. The van der Waals surface area contributed by atoms with Gasteiger partial charge in [0, 0.05) is 19.0 Å². The van der Waals surface area contributed by atoms with Crippen molar-refractivity contribution in [2.24, 2.45) is 0 Å². The molecule has 1 atom stereocenters. The molecule has 0 spiro atoms. The minimum atomic E-state index is -4.24. The highest BCUT2D eigenvalue weighted by molar-refractivity contribution is 9.10. The summed E-state index contributed by atoms with van der Waals surface area (Å²) in [4.78, 5) is 30.3. The number of hydrogen-bond acceptors (Lipinski definition) is 5. The second-order valence-electron chi connectivity index (χ2n) is 11.8. The van der Waals surface area contributed by atoms with Crippen molar-refractivity contribution in [1.82, 2.24) is 10.2 Å². The molecule has 8 nitrogen and oxygen atoms in total. The van der Waals surface area contributed by atoms with Gasteiger partial charge in [-0.15, -0.1) is 0 Å². The van der Waals surface area contributed by atoms with Crippen molar-refractivity contribution in [3.63, 3.8) is 0 Å². The van der Waals surface area contributed by atoms with E-state index in [0.717, 1.165) is 46.7 Å². The van der Waals surface area contributed by atoms with Gasteiger partial charge in [0.15, 0.2) is 0 Å². The first-order chi connectivity index (χ1) is 22.7. The average molecular weight is 719 g/mol. The number of aryl methyl sites for hydroxylation is 1. The second kappa shape index (κ2) is 15.6. The van der Waals surface area contributed by atoms with Gasteiger partial charge in [-0.2, -0.15) is 0 Å². The van der Waals surface area contributed by atoms with E-state index < -0.39 is 28.5 Å². The summed E-state index contributed by atoms with van der Waals surface area (Å²) in [7, 11) is -2.74. The van der Waals surface area contributed by atoms with E-state index in [2.05, 4.69) is 21.2 Å². The van der Waals surface area contributed by atoms with E-state index in [4.69, 9.17) is 4.74 Å². The number of benzene rings is 4. The summed E-state index contributed by atoms with van der Waals surface area (Å²) in [6, 6.07) is 29.7. The molecule has 4 aromatic carbocycles. The molecule has 4 aromatic rings. The van der Waals surface area contributed by atoms with Crippen LogP contribution in [0.25, 0.3) is 0 Å². The number of carbonyl (C=O) groups is 2. The maximum Gasteiger partial charge on any atom is 0.264 e. The molecule has 5 rings (SSSR count). The van der Waals surface area contributed by atoms with Gasteiger partial charge in [0.05, 0.1) is 22.2 Å². The Morgan fingerprint density at radius 3 is 2.11 bits per heavy atom. The number of nitrogens with one attached hydrogen (secondary N) is 1. The van der Waals surface area contributed by atoms with E-state index in [1.165, 1.54) is 24.1 Å². The Labute approximate surface area is 285 Å². The third kappa shape index (κ3) is 8.61. The highest BCUT2D eigenvalue weighted by atomic mass is 79.9. The first-order valence-electron chi connectivity index (χ1n) is 15.8. The maximum absolute atomic E-state index is 14.6. The summed E-state index contributed by atoms with van der Waals surface area (Å²) in [6.07, 6.45) is 4.17. The van der Waals surface area contributed by atoms with Crippen molar-refractivity contribution < 1.29 is 22.7 Å². The van der Waals surface area contributed by atoms with Crippen LogP contribution in [0, 0.1) is 6.92 Å². The number of halogens is 1. The molecule has 0 heterocycles. The number of nitrogens with zero attached hydrogens (tertiary/aromatic N) is 2. The van der Waals surface area contributed by atoms with Crippen LogP contribution in [0.3, 0.4) is 0 Å². The van der Waals surface area contributed by atoms with Crippen LogP contribution in [0.2, 0.25) is 0 Å². The normalized spacial score (nSPS) is 13.9. The van der Waals surface area contributed by atoms with Gasteiger partial charge in [0.25, 0.3) is 10.0 Å². The van der Waals surface area contributed by atoms with Crippen LogP contribution in [0.15, 0.2) is 112 Å². The van der Waals surface area contributed by atoms with Crippen LogP contribution in [-0.4, -0.2) is 50.9 Å². The zero-order valence-electron chi connectivity index (χ0n) is 26.6. The molecule has 0 unspecified atom stereocenters. The Kier molecular flexibility index (Phi) is 11.4. The molecule has 1 N–H and O–H groups in total. The van der Waals surface area contributed by atoms with Crippen molar-refractivity contribution in [1.29, 1.82) is 0 Å². The summed E-state index contributed by atoms with van der Waals surface area (Å²) < 4.78 is 35.6. The Morgan fingerprint density at radius 1 is 0.894 bits per heavy atom. The van der Waals surface area contributed by atoms with Crippen molar-refractivity contribution in [2.75, 3.05) is 18.0 Å². The highest BCUT2D eigenvalue weighted by Crippen LogP contribution is 2.31. The van der Waals surface area contributed by atoms with Crippen LogP contribution >= 0.6 is 15.9 Å². The fraction of sp³-hybridized carbons (Fsp3) is 0.297. The number of methoxy groups -OCH3 is 1. The van der Waals surface area contributed by atoms with Crippen LogP contribution < -0.4 is 14.4 Å². The molecule has 0 radical (unpaired) electrons. The van der Waals surface area contributed by atoms with Crippen molar-refractivity contribution >= 4 is 43.5 Å². The number of carbonyl (C=O) groups excluding carboxylic acids is 2. The minimum absolute atomic E-state index is 0.00651. The quantitative estimate of drug-likeness (QED) is 0.167. The standard InChI is InChI=1S/C37H40BrN3O5S/c1-27-17-19-31(20-18-27)41(47(44,45)32-21-22-35(46-2)33(38)24-32)26-36(42)40(25-29-13-7-4-8-14-29)34(23-28-11-5-3-6-12-28)37(43)39-30-15-9-10-16-30/h3-8,11-14,17-22,24,30,34H,9-10,15-16,23,25-26H2,1-2H3,(H,39,43)/t34-/m1/s1. The first kappa shape index (κ1) is 34.2. The SMILES string of the molecule is COc1ccc(S(=O)(=O)N(CC(=O)N(Cc2ccccc2)[C@H](Cc2ccccc2)C(=O)NC2CCCC2)c2ccc(C)cc2)cc1Br. The van der Waals surface area contributed by atoms with Gasteiger partial charge in [0.1, 0.15) is 18.3 Å². The maximum atomic E-state index is 14.6. The summed E-state index contributed by atoms with van der Waals surface area (Å²) >= 11 is 3.40. The zero-order valence-corrected chi connectivity index (χ0v) is 29.0. The molecule has 1 aliphatic carbocycles. The average Bonchev–Trinajstić information content (AvgIpc) is 3.59. The van der Waals surface area contributed by atoms with E-state index in [-0.39, 0.29) is 29.8 Å². The molecule has 246 valence electrons. The lowest BCUT2D eigenvalue weighted by molar-refractivity contribution is -0.140. The monoisotopic (exact) mass is 717 g/mol. The molecule has 10 heteroatoms. The predicted octanol–water partition coefficient (Wildman–Crippen LogP) is 6.66. The Morgan fingerprint density at radius 2 is 1.51 bits per heavy atom. The minimum Gasteiger partial charge on any atom is -0.496 e. The second-order valence-corrected chi connectivity index (χ2v) is 14.6. The van der Waals surface area contributed by atoms with Crippen molar-refractivity contribution in [2.45, 2.75) is 62.6 Å². The zero-order chi connectivity index (χ0) is 33.4. The van der Waals surface area contributed by atoms with Crippen LogP contribution in [-0.2, 0) is 32.6 Å². The fourth-order valence-electron chi connectivity index (χ4n) is 5.88. The number of amides is 2.